The minimum absolute atomic E-state index is 0.0350. The van der Waals surface area contributed by atoms with Gasteiger partial charge in [0.1, 0.15) is 11.9 Å². The Morgan fingerprint density at radius 1 is 1.03 bits per heavy atom. The summed E-state index contributed by atoms with van der Waals surface area (Å²) < 4.78 is 24.4. The van der Waals surface area contributed by atoms with E-state index in [0.29, 0.717) is 36.5 Å². The topological polar surface area (TPSA) is 71.1 Å². The second-order valence-electron chi connectivity index (χ2n) is 10.0. The molecule has 1 saturated heterocycles. The molecule has 172 valence electrons. The van der Waals surface area contributed by atoms with Crippen LogP contribution >= 0.6 is 11.6 Å². The van der Waals surface area contributed by atoms with Crippen molar-refractivity contribution in [1.82, 2.24) is 0 Å². The fraction of sp³-hybridized carbons (Fsp3) is 0.833. The van der Waals surface area contributed by atoms with Gasteiger partial charge in [0.25, 0.3) is 0 Å². The summed E-state index contributed by atoms with van der Waals surface area (Å²) in [6.07, 6.45) is 6.17. The number of fused-ring (bicyclic) bond motifs is 2. The van der Waals surface area contributed by atoms with Crippen molar-refractivity contribution in [3.63, 3.8) is 0 Å². The molecule has 2 saturated carbocycles. The van der Waals surface area contributed by atoms with Crippen LogP contribution in [-0.2, 0) is 28.5 Å². The van der Waals surface area contributed by atoms with Crippen LogP contribution < -0.4 is 0 Å². The lowest BCUT2D eigenvalue weighted by atomic mass is 9.69. The van der Waals surface area contributed by atoms with E-state index in [-0.39, 0.29) is 35.8 Å². The number of ether oxygens (including phenoxy) is 4. The van der Waals surface area contributed by atoms with Crippen molar-refractivity contribution in [2.75, 3.05) is 14.2 Å². The molecule has 2 heterocycles. The van der Waals surface area contributed by atoms with E-state index in [2.05, 4.69) is 0 Å². The number of rotatable bonds is 3. The molecule has 31 heavy (non-hydrogen) atoms. The summed E-state index contributed by atoms with van der Waals surface area (Å²) in [4.78, 5) is 27.0. The maximum Gasteiger partial charge on any atom is 0.187 e. The predicted octanol–water partition coefficient (Wildman–Crippen LogP) is 3.58. The van der Waals surface area contributed by atoms with E-state index < -0.39 is 23.0 Å². The fourth-order valence-corrected chi connectivity index (χ4v) is 7.16. The lowest BCUT2D eigenvalue weighted by molar-refractivity contribution is -0.147. The maximum atomic E-state index is 14.0. The van der Waals surface area contributed by atoms with E-state index in [4.69, 9.17) is 30.5 Å². The van der Waals surface area contributed by atoms with Gasteiger partial charge in [0, 0.05) is 45.0 Å². The quantitative estimate of drug-likeness (QED) is 0.609. The normalized spacial score (nSPS) is 45.7. The average molecular weight is 453 g/mol. The number of halogens is 1. The molecular formula is C24H33ClO6. The molecule has 7 heteroatoms. The van der Waals surface area contributed by atoms with Gasteiger partial charge < -0.3 is 18.9 Å². The molecule has 5 aliphatic rings. The molecular weight excluding hydrogens is 420 g/mol. The first kappa shape index (κ1) is 21.9. The number of Topliss-reactive ketones (excluding diaryl/α,β-unsaturated/α-hetero) is 2. The number of ketones is 2. The highest BCUT2D eigenvalue weighted by molar-refractivity contribution is 6.22. The van der Waals surface area contributed by atoms with Gasteiger partial charge in [0.2, 0.25) is 0 Å². The number of carbonyl (C=O) groups excluding carboxylic acids is 2. The Bertz CT molecular complexity index is 789. The third kappa shape index (κ3) is 3.16. The van der Waals surface area contributed by atoms with Crippen molar-refractivity contribution in [3.8, 4) is 0 Å². The number of alkyl halides is 1. The standard InChI is InChI=1S/C24H33ClO6/c1-12-9-15(26)14-10-16(13-7-5-4-6-8-13)30-23(14)24(12)22(27)19-17(28-2)11-18(29-3)20(25)21(19)31-24/h12-13,16-21H,4-11H2,1-3H3/t12-,16-,17?,18?,19?,20?,21?,24-/m1/s1. The molecule has 0 aromatic heterocycles. The molecule has 0 N–H and O–H groups in total. The van der Waals surface area contributed by atoms with Crippen LogP contribution in [-0.4, -0.2) is 61.2 Å². The largest absolute Gasteiger partial charge is 0.490 e. The summed E-state index contributed by atoms with van der Waals surface area (Å²) in [5.74, 6) is 0.187. The fourth-order valence-electron chi connectivity index (χ4n) is 6.74. The lowest BCUT2D eigenvalue weighted by Gasteiger charge is -2.39. The lowest BCUT2D eigenvalue weighted by Crippen LogP contribution is -2.52. The van der Waals surface area contributed by atoms with Gasteiger partial charge in [-0.25, -0.2) is 0 Å². The highest BCUT2D eigenvalue weighted by atomic mass is 35.5. The number of hydrogen-bond donors (Lipinski definition) is 0. The molecule has 0 amide bonds. The van der Waals surface area contributed by atoms with Crippen LogP contribution in [0.5, 0.6) is 0 Å². The van der Waals surface area contributed by atoms with E-state index in [1.165, 1.54) is 19.3 Å². The van der Waals surface area contributed by atoms with Crippen molar-refractivity contribution >= 4 is 23.2 Å². The van der Waals surface area contributed by atoms with E-state index in [9.17, 15) is 9.59 Å². The molecule has 8 atom stereocenters. The Kier molecular flexibility index (Phi) is 5.73. The smallest absolute Gasteiger partial charge is 0.187 e. The first-order valence-corrected chi connectivity index (χ1v) is 12.2. The molecule has 5 rings (SSSR count). The molecule has 0 aromatic rings. The van der Waals surface area contributed by atoms with Crippen molar-refractivity contribution in [2.45, 2.75) is 93.7 Å². The Balaban J connectivity index is 1.51. The van der Waals surface area contributed by atoms with Crippen LogP contribution in [0.25, 0.3) is 0 Å². The zero-order valence-corrected chi connectivity index (χ0v) is 19.4. The second kappa shape index (κ2) is 8.12. The molecule has 3 aliphatic carbocycles. The number of hydrogen-bond acceptors (Lipinski definition) is 6. The van der Waals surface area contributed by atoms with Crippen LogP contribution in [0.2, 0.25) is 0 Å². The van der Waals surface area contributed by atoms with Crippen molar-refractivity contribution < 1.29 is 28.5 Å². The highest BCUT2D eigenvalue weighted by Gasteiger charge is 2.68. The van der Waals surface area contributed by atoms with Gasteiger partial charge in [-0.15, -0.1) is 11.6 Å². The molecule has 5 unspecified atom stereocenters. The second-order valence-corrected chi connectivity index (χ2v) is 10.5. The van der Waals surface area contributed by atoms with E-state index in [1.807, 2.05) is 6.92 Å². The Labute approximate surface area is 188 Å². The highest BCUT2D eigenvalue weighted by Crippen LogP contribution is 2.55. The minimum atomic E-state index is -1.24. The van der Waals surface area contributed by atoms with Gasteiger partial charge >= 0.3 is 0 Å². The van der Waals surface area contributed by atoms with E-state index in [1.54, 1.807) is 14.2 Å². The minimum Gasteiger partial charge on any atom is -0.490 e. The first-order chi connectivity index (χ1) is 14.9. The molecule has 0 radical (unpaired) electrons. The van der Waals surface area contributed by atoms with Crippen LogP contribution in [0.4, 0.5) is 0 Å². The van der Waals surface area contributed by atoms with Gasteiger partial charge in [0.15, 0.2) is 17.2 Å². The molecule has 2 aliphatic heterocycles. The SMILES string of the molecule is COC1CC(OC)C2C(=O)[C@@]3(OC2C1Cl)C1=C(C[C@H](C2CCCCC2)O1)C(=O)C[C@H]3C. The van der Waals surface area contributed by atoms with Crippen molar-refractivity contribution in [1.29, 1.82) is 0 Å². The van der Waals surface area contributed by atoms with Gasteiger partial charge in [0.05, 0.1) is 29.6 Å². The number of methoxy groups -OCH3 is 2. The molecule has 1 spiro atoms. The third-order valence-corrected chi connectivity index (χ3v) is 9.00. The van der Waals surface area contributed by atoms with Crippen LogP contribution in [0.3, 0.4) is 0 Å². The zero-order chi connectivity index (χ0) is 21.9. The van der Waals surface area contributed by atoms with E-state index >= 15 is 0 Å². The van der Waals surface area contributed by atoms with Gasteiger partial charge in [-0.1, -0.05) is 26.2 Å². The van der Waals surface area contributed by atoms with Crippen molar-refractivity contribution in [2.24, 2.45) is 17.8 Å². The Hall–Kier alpha value is -0.950. The summed E-state index contributed by atoms with van der Waals surface area (Å²) in [6.45, 7) is 1.92. The average Bonchev–Trinajstić information content (AvgIpc) is 3.36. The Morgan fingerprint density at radius 2 is 1.74 bits per heavy atom. The van der Waals surface area contributed by atoms with Gasteiger partial charge in [-0.2, -0.15) is 0 Å². The molecule has 0 bridgehead atoms. The monoisotopic (exact) mass is 452 g/mol. The third-order valence-electron chi connectivity index (χ3n) is 8.47. The van der Waals surface area contributed by atoms with Crippen molar-refractivity contribution in [3.05, 3.63) is 11.3 Å². The maximum absolute atomic E-state index is 14.0. The van der Waals surface area contributed by atoms with Crippen LogP contribution in [0, 0.1) is 17.8 Å². The molecule has 3 fully saturated rings. The van der Waals surface area contributed by atoms with Crippen LogP contribution in [0.1, 0.15) is 58.3 Å². The number of carbonyl (C=O) groups is 2. The van der Waals surface area contributed by atoms with E-state index in [0.717, 1.165) is 12.8 Å². The summed E-state index contributed by atoms with van der Waals surface area (Å²) in [5.41, 5.74) is -0.571. The summed E-state index contributed by atoms with van der Waals surface area (Å²) >= 11 is 6.76. The summed E-state index contributed by atoms with van der Waals surface area (Å²) in [5, 5.41) is -0.464. The Morgan fingerprint density at radius 3 is 2.42 bits per heavy atom. The zero-order valence-electron chi connectivity index (χ0n) is 18.6. The first-order valence-electron chi connectivity index (χ1n) is 11.8. The predicted molar refractivity (Wildman–Crippen MR) is 114 cm³/mol. The van der Waals surface area contributed by atoms with Gasteiger partial charge in [-0.3, -0.25) is 9.59 Å². The van der Waals surface area contributed by atoms with Crippen LogP contribution in [0.15, 0.2) is 11.3 Å². The molecule has 0 aromatic carbocycles. The summed E-state index contributed by atoms with van der Waals surface area (Å²) in [6, 6.07) is 0. The molecule has 6 nitrogen and oxygen atoms in total. The van der Waals surface area contributed by atoms with Gasteiger partial charge in [-0.05, 0) is 18.8 Å². The summed E-state index contributed by atoms with van der Waals surface area (Å²) in [7, 11) is 3.24.